The van der Waals surface area contributed by atoms with E-state index in [0.717, 1.165) is 53.8 Å². The fraction of sp³-hybridized carbons (Fsp3) is 0.370. The molecule has 0 saturated heterocycles. The van der Waals surface area contributed by atoms with Crippen LogP contribution in [0.1, 0.15) is 54.6 Å². The lowest BCUT2D eigenvalue weighted by Crippen LogP contribution is -2.71. The van der Waals surface area contributed by atoms with Gasteiger partial charge in [-0.2, -0.15) is 0 Å². The molecule has 4 aliphatic rings. The summed E-state index contributed by atoms with van der Waals surface area (Å²) in [5.74, 6) is -1.01. The van der Waals surface area contributed by atoms with E-state index in [2.05, 4.69) is 27.6 Å². The first kappa shape index (κ1) is 20.6. The van der Waals surface area contributed by atoms with Crippen molar-refractivity contribution in [2.45, 2.75) is 50.2 Å². The molecular formula is C27H26F2N2O2. The number of carbonyl (C=O) groups is 1. The Hall–Kier alpha value is -2.99. The van der Waals surface area contributed by atoms with Crippen LogP contribution in [-0.4, -0.2) is 34.5 Å². The second kappa shape index (κ2) is 7.26. The molecule has 3 fully saturated rings. The molecule has 1 aromatic heterocycles. The van der Waals surface area contributed by atoms with E-state index < -0.39 is 23.6 Å². The average molecular weight is 449 g/mol. The molecule has 7 rings (SSSR count). The Balaban J connectivity index is 1.51. The minimum atomic E-state index is -0.597. The average Bonchev–Trinajstić information content (AvgIpc) is 3.09. The molecule has 1 aliphatic heterocycles. The first-order valence-corrected chi connectivity index (χ1v) is 11.5. The standard InChI is InChI=1S/C27H26F2N2O2/c1-15-9-19-18-5-3-4-6-22(18)30-25(19)26(31(15)27-12-17(13-27)14-27)24-20(28)10-16(11-21(24)29)7-8-23(32)33-2/h3-8,10-11,15,17,26,30H,9,12-14H2,1-2H3/b8-7+/t15-,17?,26+,27?/m1/s1. The van der Waals surface area contributed by atoms with E-state index in [4.69, 9.17) is 0 Å². The molecule has 2 bridgehead atoms. The Morgan fingerprint density at radius 3 is 2.52 bits per heavy atom. The number of carbonyl (C=O) groups excluding carboxylic acids is 1. The number of aromatic amines is 1. The van der Waals surface area contributed by atoms with Gasteiger partial charge in [-0.05, 0) is 73.9 Å². The first-order chi connectivity index (χ1) is 15.9. The Bertz CT molecular complexity index is 1270. The maximum atomic E-state index is 15.6. The third-order valence-electron chi connectivity index (χ3n) is 7.91. The number of benzene rings is 2. The molecule has 2 atom stereocenters. The van der Waals surface area contributed by atoms with Gasteiger partial charge in [0.1, 0.15) is 11.6 Å². The lowest BCUT2D eigenvalue weighted by Gasteiger charge is -2.70. The van der Waals surface area contributed by atoms with Crippen LogP contribution in [0.25, 0.3) is 17.0 Å². The number of nitrogens with one attached hydrogen (secondary N) is 1. The molecule has 0 amide bonds. The van der Waals surface area contributed by atoms with E-state index in [9.17, 15) is 4.79 Å². The summed E-state index contributed by atoms with van der Waals surface area (Å²) >= 11 is 0. The number of H-pyrrole nitrogens is 1. The molecular weight excluding hydrogens is 422 g/mol. The zero-order valence-corrected chi connectivity index (χ0v) is 18.7. The van der Waals surface area contributed by atoms with E-state index >= 15 is 8.78 Å². The molecule has 1 N–H and O–H groups in total. The molecule has 3 aliphatic carbocycles. The summed E-state index contributed by atoms with van der Waals surface area (Å²) in [6.45, 7) is 2.18. The van der Waals surface area contributed by atoms with Gasteiger partial charge in [0.05, 0.1) is 13.2 Å². The van der Waals surface area contributed by atoms with E-state index in [1.165, 1.54) is 31.4 Å². The van der Waals surface area contributed by atoms with Crippen LogP contribution in [0.15, 0.2) is 42.5 Å². The summed E-state index contributed by atoms with van der Waals surface area (Å²) in [6.07, 6.45) is 6.70. The van der Waals surface area contributed by atoms with Gasteiger partial charge in [0.15, 0.2) is 0 Å². The molecule has 33 heavy (non-hydrogen) atoms. The summed E-state index contributed by atoms with van der Waals surface area (Å²) in [5.41, 5.74) is 3.45. The SMILES string of the molecule is COC(=O)/C=C/c1cc(F)c([C@H]2c3[nH]c4ccccc4c3C[C@@H](C)N2C23CC(C2)C3)c(F)c1. The van der Waals surface area contributed by atoms with E-state index in [1.54, 1.807) is 0 Å². The predicted octanol–water partition coefficient (Wildman–Crippen LogP) is 5.52. The van der Waals surface area contributed by atoms with Gasteiger partial charge in [-0.25, -0.2) is 13.6 Å². The van der Waals surface area contributed by atoms with Crippen molar-refractivity contribution in [3.8, 4) is 0 Å². The molecule has 6 heteroatoms. The molecule has 2 heterocycles. The van der Waals surface area contributed by atoms with Crippen LogP contribution >= 0.6 is 0 Å². The number of hydrogen-bond acceptors (Lipinski definition) is 3. The predicted molar refractivity (Wildman–Crippen MR) is 123 cm³/mol. The highest BCUT2D eigenvalue weighted by Crippen LogP contribution is 2.64. The summed E-state index contributed by atoms with van der Waals surface area (Å²) in [4.78, 5) is 17.3. The number of nitrogens with zero attached hydrogens (tertiary/aromatic N) is 1. The van der Waals surface area contributed by atoms with Gasteiger partial charge in [0.25, 0.3) is 0 Å². The van der Waals surface area contributed by atoms with Crippen LogP contribution in [0.2, 0.25) is 0 Å². The maximum Gasteiger partial charge on any atom is 0.330 e. The van der Waals surface area contributed by atoms with Crippen molar-refractivity contribution in [2.24, 2.45) is 5.92 Å². The molecule has 0 unspecified atom stereocenters. The zero-order chi connectivity index (χ0) is 22.9. The number of rotatable bonds is 4. The Morgan fingerprint density at radius 1 is 1.18 bits per heavy atom. The van der Waals surface area contributed by atoms with Gasteiger partial charge in [0, 0.05) is 39.8 Å². The Kier molecular flexibility index (Phi) is 4.53. The van der Waals surface area contributed by atoms with Crippen LogP contribution in [0, 0.1) is 17.6 Å². The monoisotopic (exact) mass is 448 g/mol. The highest BCUT2D eigenvalue weighted by Gasteiger charge is 2.63. The van der Waals surface area contributed by atoms with Crippen molar-refractivity contribution in [1.82, 2.24) is 9.88 Å². The number of methoxy groups -OCH3 is 1. The first-order valence-electron chi connectivity index (χ1n) is 11.5. The van der Waals surface area contributed by atoms with Crippen molar-refractivity contribution < 1.29 is 18.3 Å². The van der Waals surface area contributed by atoms with Crippen molar-refractivity contribution in [1.29, 1.82) is 0 Å². The van der Waals surface area contributed by atoms with Gasteiger partial charge >= 0.3 is 5.97 Å². The van der Waals surface area contributed by atoms with E-state index in [0.29, 0.717) is 0 Å². The third-order valence-corrected chi connectivity index (χ3v) is 7.91. The molecule has 3 saturated carbocycles. The lowest BCUT2D eigenvalue weighted by molar-refractivity contribution is -0.174. The lowest BCUT2D eigenvalue weighted by atomic mass is 9.48. The fourth-order valence-electron chi connectivity index (χ4n) is 6.43. The Morgan fingerprint density at radius 2 is 1.88 bits per heavy atom. The smallest absolute Gasteiger partial charge is 0.330 e. The van der Waals surface area contributed by atoms with Crippen molar-refractivity contribution in [3.63, 3.8) is 0 Å². The van der Waals surface area contributed by atoms with Crippen molar-refractivity contribution in [2.75, 3.05) is 7.11 Å². The molecule has 4 nitrogen and oxygen atoms in total. The zero-order valence-electron chi connectivity index (χ0n) is 18.7. The summed E-state index contributed by atoms with van der Waals surface area (Å²) in [5, 5.41) is 1.13. The number of halogens is 2. The normalized spacial score (nSPS) is 28.4. The van der Waals surface area contributed by atoms with Crippen molar-refractivity contribution >= 4 is 22.9 Å². The fourth-order valence-corrected chi connectivity index (χ4v) is 6.43. The number of esters is 1. The third kappa shape index (κ3) is 3.00. The van der Waals surface area contributed by atoms with Gasteiger partial charge < -0.3 is 9.72 Å². The second-order valence-corrected chi connectivity index (χ2v) is 9.88. The molecule has 170 valence electrons. The van der Waals surface area contributed by atoms with Crippen LogP contribution < -0.4 is 0 Å². The quantitative estimate of drug-likeness (QED) is 0.422. The van der Waals surface area contributed by atoms with E-state index in [1.807, 2.05) is 18.2 Å². The van der Waals surface area contributed by atoms with E-state index in [-0.39, 0.29) is 22.7 Å². The minimum absolute atomic E-state index is 0.0338. The topological polar surface area (TPSA) is 45.3 Å². The van der Waals surface area contributed by atoms with Gasteiger partial charge in [0.2, 0.25) is 0 Å². The summed E-state index contributed by atoms with van der Waals surface area (Å²) in [6, 6.07) is 10.3. The molecule has 0 spiro atoms. The largest absolute Gasteiger partial charge is 0.466 e. The number of para-hydroxylation sites is 1. The highest BCUT2D eigenvalue weighted by molar-refractivity contribution is 5.87. The number of aromatic nitrogens is 1. The van der Waals surface area contributed by atoms with Crippen LogP contribution in [0.3, 0.4) is 0 Å². The van der Waals surface area contributed by atoms with Crippen LogP contribution in [0.4, 0.5) is 8.78 Å². The van der Waals surface area contributed by atoms with Crippen LogP contribution in [-0.2, 0) is 16.0 Å². The number of ether oxygens (including phenoxy) is 1. The number of hydrogen-bond donors (Lipinski definition) is 1. The summed E-state index contributed by atoms with van der Waals surface area (Å²) in [7, 11) is 1.26. The van der Waals surface area contributed by atoms with Crippen molar-refractivity contribution in [3.05, 3.63) is 76.5 Å². The van der Waals surface area contributed by atoms with Gasteiger partial charge in [-0.3, -0.25) is 4.90 Å². The second-order valence-electron chi connectivity index (χ2n) is 9.88. The molecule has 0 radical (unpaired) electrons. The molecule has 2 aromatic carbocycles. The van der Waals surface area contributed by atoms with Gasteiger partial charge in [-0.15, -0.1) is 0 Å². The minimum Gasteiger partial charge on any atom is -0.466 e. The van der Waals surface area contributed by atoms with Crippen LogP contribution in [0.5, 0.6) is 0 Å². The Labute approximate surface area is 191 Å². The highest BCUT2D eigenvalue weighted by atomic mass is 19.1. The van der Waals surface area contributed by atoms with Gasteiger partial charge in [-0.1, -0.05) is 18.2 Å². The number of fused-ring (bicyclic) bond motifs is 3. The molecule has 3 aromatic rings. The summed E-state index contributed by atoms with van der Waals surface area (Å²) < 4.78 is 35.9. The maximum absolute atomic E-state index is 15.6.